The van der Waals surface area contributed by atoms with E-state index < -0.39 is 98.3 Å². The van der Waals surface area contributed by atoms with Gasteiger partial charge in [-0.2, -0.15) is 79.0 Å². The molecule has 0 amide bonds. The molecule has 1 N–H and O–H groups in total. The van der Waals surface area contributed by atoms with Gasteiger partial charge >= 0.3 is 59.8 Å². The maximum Gasteiger partial charge on any atom is 0.460 e. The standard InChI is InChI=1S/C22H19F18N2O4/c1-42-6-2-3-11(10-42)41-12(14(44)46-8-5-16(25,26)18(29,30)20(33,34)22(38,39)40)9-13(43)45-7-4-15(23,24)17(27,28)19(31,32)21(35,36)37/h2-3,6,10,12,41H,4-5,7-9H2,1H3/q+1. The number of esters is 2. The van der Waals surface area contributed by atoms with E-state index in [-0.39, 0.29) is 5.69 Å². The zero-order chi connectivity index (χ0) is 36.4. The lowest BCUT2D eigenvalue weighted by atomic mass is 10.0. The lowest BCUT2D eigenvalue weighted by molar-refractivity contribution is -0.670. The number of hydrogen-bond acceptors (Lipinski definition) is 5. The Bertz CT molecular complexity index is 1220. The Balaban J connectivity index is 3.04. The Morgan fingerprint density at radius 1 is 0.696 bits per heavy atom. The number of hydrogen-bond donors (Lipinski definition) is 1. The first-order chi connectivity index (χ1) is 20.4. The summed E-state index contributed by atoms with van der Waals surface area (Å²) in [7, 11) is 1.37. The number of halogens is 18. The zero-order valence-electron chi connectivity index (χ0n) is 22.3. The minimum Gasteiger partial charge on any atom is -0.465 e. The summed E-state index contributed by atoms with van der Waals surface area (Å²) >= 11 is 0. The van der Waals surface area contributed by atoms with E-state index in [1.807, 2.05) is 0 Å². The van der Waals surface area contributed by atoms with Crippen molar-refractivity contribution in [2.45, 2.75) is 73.2 Å². The fourth-order valence-electron chi connectivity index (χ4n) is 3.10. The van der Waals surface area contributed by atoms with Gasteiger partial charge in [0.05, 0.1) is 38.2 Å². The molecule has 1 unspecified atom stereocenters. The van der Waals surface area contributed by atoms with Gasteiger partial charge in [-0.3, -0.25) is 4.79 Å². The highest BCUT2D eigenvalue weighted by Gasteiger charge is 2.82. The van der Waals surface area contributed by atoms with Gasteiger partial charge in [0.1, 0.15) is 13.1 Å². The second kappa shape index (κ2) is 13.4. The second-order valence-corrected chi connectivity index (χ2v) is 9.25. The van der Waals surface area contributed by atoms with Crippen molar-refractivity contribution in [1.29, 1.82) is 0 Å². The van der Waals surface area contributed by atoms with Crippen LogP contribution in [-0.2, 0) is 26.1 Å². The van der Waals surface area contributed by atoms with E-state index in [4.69, 9.17) is 0 Å². The maximum atomic E-state index is 13.7. The van der Waals surface area contributed by atoms with Crippen LogP contribution in [0.3, 0.4) is 0 Å². The molecule has 0 aliphatic rings. The largest absolute Gasteiger partial charge is 0.465 e. The van der Waals surface area contributed by atoms with Crippen LogP contribution >= 0.6 is 0 Å². The van der Waals surface area contributed by atoms with Gasteiger partial charge in [-0.1, -0.05) is 0 Å². The highest BCUT2D eigenvalue weighted by molar-refractivity contribution is 5.85. The number of carbonyl (C=O) groups is 2. The van der Waals surface area contributed by atoms with Crippen molar-refractivity contribution < 1.29 is 103 Å². The van der Waals surface area contributed by atoms with Crippen LogP contribution in [0.4, 0.5) is 84.7 Å². The molecule has 46 heavy (non-hydrogen) atoms. The van der Waals surface area contributed by atoms with Gasteiger partial charge in [0.2, 0.25) is 0 Å². The highest BCUT2D eigenvalue weighted by atomic mass is 19.4. The van der Waals surface area contributed by atoms with E-state index in [1.54, 1.807) is 0 Å². The summed E-state index contributed by atoms with van der Waals surface area (Å²) < 4.78 is 243. The maximum absolute atomic E-state index is 13.7. The Labute approximate surface area is 244 Å². The molecular formula is C22H19F18N2O4+. The molecule has 1 heterocycles. The molecule has 0 radical (unpaired) electrons. The molecule has 0 aliphatic carbocycles. The quantitative estimate of drug-likeness (QED) is 0.128. The van der Waals surface area contributed by atoms with Crippen LogP contribution in [0, 0.1) is 0 Å². The molecule has 1 atom stereocenters. The van der Waals surface area contributed by atoms with E-state index in [0.29, 0.717) is 0 Å². The van der Waals surface area contributed by atoms with E-state index in [1.165, 1.54) is 23.9 Å². The third kappa shape index (κ3) is 8.50. The molecule has 0 aliphatic heterocycles. The summed E-state index contributed by atoms with van der Waals surface area (Å²) in [4.78, 5) is 24.4. The minimum atomic E-state index is -7.26. The summed E-state index contributed by atoms with van der Waals surface area (Å²) in [6.45, 7) is -3.98. The normalized spacial score (nSPS) is 14.9. The van der Waals surface area contributed by atoms with Crippen molar-refractivity contribution in [1.82, 2.24) is 0 Å². The van der Waals surface area contributed by atoms with Gasteiger partial charge in [0.15, 0.2) is 12.4 Å². The van der Waals surface area contributed by atoms with Gasteiger partial charge in [0, 0.05) is 6.07 Å². The summed E-state index contributed by atoms with van der Waals surface area (Å²) in [6.07, 6.45) is -18.6. The highest BCUT2D eigenvalue weighted by Crippen LogP contribution is 2.55. The van der Waals surface area contributed by atoms with Gasteiger partial charge in [-0.15, -0.1) is 0 Å². The molecule has 24 heteroatoms. The Morgan fingerprint density at radius 3 is 1.50 bits per heavy atom. The van der Waals surface area contributed by atoms with Gasteiger partial charge in [0.25, 0.3) is 0 Å². The molecular weight excluding hydrogens is 698 g/mol. The number of anilines is 1. The monoisotopic (exact) mass is 717 g/mol. The summed E-state index contributed by atoms with van der Waals surface area (Å²) in [5.74, 6) is -44.8. The first-order valence-corrected chi connectivity index (χ1v) is 11.8. The third-order valence-corrected chi connectivity index (χ3v) is 5.69. The SMILES string of the molecule is C[n+]1cccc(NC(CC(=O)OCCC(F)(F)C(F)(F)C(F)(F)C(F)(F)F)C(=O)OCCC(F)(F)C(F)(F)C(F)(F)C(F)(F)F)c1. The van der Waals surface area contributed by atoms with Crippen LogP contribution in [0.2, 0.25) is 0 Å². The van der Waals surface area contributed by atoms with Crippen LogP contribution in [0.15, 0.2) is 24.5 Å². The molecule has 0 fully saturated rings. The van der Waals surface area contributed by atoms with Gasteiger partial charge in [-0.05, 0) is 6.07 Å². The molecule has 266 valence electrons. The van der Waals surface area contributed by atoms with Crippen molar-refractivity contribution >= 4 is 17.6 Å². The lowest BCUT2D eigenvalue weighted by Gasteiger charge is -2.33. The lowest BCUT2D eigenvalue weighted by Crippen LogP contribution is -2.61. The van der Waals surface area contributed by atoms with Crippen LogP contribution in [0.5, 0.6) is 0 Å². The second-order valence-electron chi connectivity index (χ2n) is 9.25. The molecule has 0 saturated carbocycles. The van der Waals surface area contributed by atoms with E-state index >= 15 is 0 Å². The Kier molecular flexibility index (Phi) is 11.8. The Morgan fingerprint density at radius 2 is 1.11 bits per heavy atom. The molecule has 0 saturated heterocycles. The number of nitrogens with one attached hydrogen (secondary N) is 1. The number of ether oxygens (including phenoxy) is 2. The average Bonchev–Trinajstić information content (AvgIpc) is 2.86. The molecule has 0 bridgehead atoms. The minimum absolute atomic E-state index is 0.165. The first kappa shape index (κ1) is 40.7. The zero-order valence-corrected chi connectivity index (χ0v) is 22.3. The number of rotatable bonds is 15. The van der Waals surface area contributed by atoms with E-state index in [2.05, 4.69) is 14.8 Å². The summed E-state index contributed by atoms with van der Waals surface area (Å²) in [5, 5.41) is 2.15. The van der Waals surface area contributed by atoms with Gasteiger partial charge in [-0.25, -0.2) is 9.36 Å². The Hall–Kier alpha value is -3.37. The molecule has 0 spiro atoms. The number of alkyl halides is 18. The summed E-state index contributed by atoms with van der Waals surface area (Å²) in [5.41, 5.74) is -0.165. The number of nitrogens with zero attached hydrogens (tertiary/aromatic N) is 1. The number of carbonyl (C=O) groups excluding carboxylic acids is 2. The topological polar surface area (TPSA) is 68.5 Å². The third-order valence-electron chi connectivity index (χ3n) is 5.69. The van der Waals surface area contributed by atoms with Gasteiger partial charge < -0.3 is 14.8 Å². The molecule has 1 aromatic heterocycles. The van der Waals surface area contributed by atoms with Crippen LogP contribution < -0.4 is 9.88 Å². The van der Waals surface area contributed by atoms with Crippen molar-refractivity contribution in [2.75, 3.05) is 18.5 Å². The predicted octanol–water partition coefficient (Wildman–Crippen LogP) is 6.48. The van der Waals surface area contributed by atoms with Crippen LogP contribution in [0.25, 0.3) is 0 Å². The number of aryl methyl sites for hydroxylation is 1. The van der Waals surface area contributed by atoms with Crippen molar-refractivity contribution in [3.63, 3.8) is 0 Å². The van der Waals surface area contributed by atoms with Crippen LogP contribution in [-0.4, -0.2) is 79.1 Å². The van der Waals surface area contributed by atoms with Crippen molar-refractivity contribution in [3.8, 4) is 0 Å². The average molecular weight is 717 g/mol. The van der Waals surface area contributed by atoms with Crippen LogP contribution in [0.1, 0.15) is 19.3 Å². The molecule has 1 rings (SSSR count). The fraction of sp³-hybridized carbons (Fsp3) is 0.682. The predicted molar refractivity (Wildman–Crippen MR) is 113 cm³/mol. The first-order valence-electron chi connectivity index (χ1n) is 11.8. The smallest absolute Gasteiger partial charge is 0.460 e. The van der Waals surface area contributed by atoms with E-state index in [9.17, 15) is 88.6 Å². The van der Waals surface area contributed by atoms with Crippen molar-refractivity contribution in [2.24, 2.45) is 7.05 Å². The number of pyridine rings is 1. The molecule has 0 aromatic carbocycles. The fourth-order valence-corrected chi connectivity index (χ4v) is 3.10. The molecule has 6 nitrogen and oxygen atoms in total. The molecule has 1 aromatic rings. The van der Waals surface area contributed by atoms with Crippen molar-refractivity contribution in [3.05, 3.63) is 24.5 Å². The number of aromatic nitrogens is 1. The van der Waals surface area contributed by atoms with E-state index in [0.717, 1.165) is 12.3 Å². The summed E-state index contributed by atoms with van der Waals surface area (Å²) in [6, 6.07) is 0.159.